The maximum Gasteiger partial charge on any atom is 0.335 e. The summed E-state index contributed by atoms with van der Waals surface area (Å²) >= 11 is 0. The molecule has 1 atom stereocenters. The summed E-state index contributed by atoms with van der Waals surface area (Å²) in [6.07, 6.45) is 1.95. The molecular formula is C11H16ClNO2. The van der Waals surface area contributed by atoms with Gasteiger partial charge in [-0.1, -0.05) is 25.5 Å². The van der Waals surface area contributed by atoms with Gasteiger partial charge < -0.3 is 10.8 Å². The molecule has 0 bridgehead atoms. The van der Waals surface area contributed by atoms with Gasteiger partial charge in [0.15, 0.2) is 0 Å². The molecule has 0 heterocycles. The Morgan fingerprint density at radius 2 is 1.93 bits per heavy atom. The number of benzene rings is 1. The third-order valence-electron chi connectivity index (χ3n) is 2.19. The summed E-state index contributed by atoms with van der Waals surface area (Å²) in [6.45, 7) is 2.07. The van der Waals surface area contributed by atoms with E-state index >= 15 is 0 Å². The summed E-state index contributed by atoms with van der Waals surface area (Å²) in [5, 5.41) is 8.69. The normalized spacial score (nSPS) is 11.6. The number of nitrogens with two attached hydrogens (primary N) is 1. The van der Waals surface area contributed by atoms with E-state index in [1.165, 1.54) is 0 Å². The zero-order chi connectivity index (χ0) is 10.6. The first-order valence-electron chi connectivity index (χ1n) is 4.74. The van der Waals surface area contributed by atoms with Crippen LogP contribution in [0.5, 0.6) is 0 Å². The Morgan fingerprint density at radius 1 is 1.40 bits per heavy atom. The van der Waals surface area contributed by atoms with Crippen LogP contribution in [0.2, 0.25) is 0 Å². The van der Waals surface area contributed by atoms with E-state index in [0.717, 1.165) is 18.4 Å². The van der Waals surface area contributed by atoms with Crippen molar-refractivity contribution in [3.63, 3.8) is 0 Å². The highest BCUT2D eigenvalue weighted by Crippen LogP contribution is 2.16. The van der Waals surface area contributed by atoms with E-state index < -0.39 is 5.97 Å². The van der Waals surface area contributed by atoms with Crippen LogP contribution in [0.25, 0.3) is 0 Å². The number of halogens is 1. The summed E-state index contributed by atoms with van der Waals surface area (Å²) in [6, 6.07) is 6.76. The third-order valence-corrected chi connectivity index (χ3v) is 2.19. The highest BCUT2D eigenvalue weighted by molar-refractivity contribution is 5.87. The van der Waals surface area contributed by atoms with Gasteiger partial charge in [-0.25, -0.2) is 4.79 Å². The van der Waals surface area contributed by atoms with Gasteiger partial charge in [0, 0.05) is 6.04 Å². The van der Waals surface area contributed by atoms with Crippen LogP contribution in [-0.4, -0.2) is 11.1 Å². The van der Waals surface area contributed by atoms with E-state index in [0.29, 0.717) is 5.56 Å². The van der Waals surface area contributed by atoms with Crippen molar-refractivity contribution in [2.24, 2.45) is 5.73 Å². The zero-order valence-electron chi connectivity index (χ0n) is 8.64. The van der Waals surface area contributed by atoms with Gasteiger partial charge in [0.05, 0.1) is 5.56 Å². The van der Waals surface area contributed by atoms with Crippen LogP contribution < -0.4 is 5.73 Å². The standard InChI is InChI=1S/C11H15NO2.ClH/c1-2-3-10(12)8-4-6-9(7-5-8)11(13)14;/h4-7,10H,2-3,12H2,1H3,(H,13,14);1H/t10-;/m0./s1. The lowest BCUT2D eigenvalue weighted by molar-refractivity contribution is 0.0697. The van der Waals surface area contributed by atoms with Gasteiger partial charge in [0.25, 0.3) is 0 Å². The van der Waals surface area contributed by atoms with Gasteiger partial charge >= 0.3 is 5.97 Å². The quantitative estimate of drug-likeness (QED) is 0.834. The Balaban J connectivity index is 0.00000196. The van der Waals surface area contributed by atoms with Crippen LogP contribution in [0.1, 0.15) is 41.7 Å². The SMILES string of the molecule is CCC[C@H](N)c1ccc(C(=O)O)cc1.Cl. The molecule has 1 aromatic carbocycles. The van der Waals surface area contributed by atoms with Crippen LogP contribution >= 0.6 is 12.4 Å². The van der Waals surface area contributed by atoms with Crippen LogP contribution in [-0.2, 0) is 0 Å². The van der Waals surface area contributed by atoms with Gasteiger partial charge in [-0.05, 0) is 24.1 Å². The molecule has 15 heavy (non-hydrogen) atoms. The second-order valence-corrected chi connectivity index (χ2v) is 3.32. The molecule has 0 aromatic heterocycles. The highest BCUT2D eigenvalue weighted by Gasteiger charge is 2.06. The van der Waals surface area contributed by atoms with Gasteiger partial charge in [0.1, 0.15) is 0 Å². The Labute approximate surface area is 95.7 Å². The molecule has 3 N–H and O–H groups in total. The Morgan fingerprint density at radius 3 is 2.33 bits per heavy atom. The maximum atomic E-state index is 10.6. The van der Waals surface area contributed by atoms with Crippen LogP contribution in [0.15, 0.2) is 24.3 Å². The molecule has 0 unspecified atom stereocenters. The molecule has 0 saturated heterocycles. The second kappa shape index (κ2) is 6.43. The van der Waals surface area contributed by atoms with E-state index in [2.05, 4.69) is 6.92 Å². The predicted molar refractivity (Wildman–Crippen MR) is 62.5 cm³/mol. The largest absolute Gasteiger partial charge is 0.478 e. The third kappa shape index (κ3) is 3.90. The molecule has 0 aliphatic heterocycles. The molecule has 84 valence electrons. The Bertz CT molecular complexity index is 311. The van der Waals surface area contributed by atoms with Gasteiger partial charge in [0.2, 0.25) is 0 Å². The fourth-order valence-corrected chi connectivity index (χ4v) is 1.35. The average molecular weight is 230 g/mol. The van der Waals surface area contributed by atoms with Crippen LogP contribution in [0.3, 0.4) is 0 Å². The lowest BCUT2D eigenvalue weighted by atomic mass is 10.0. The molecule has 0 radical (unpaired) electrons. The minimum atomic E-state index is -0.902. The molecular weight excluding hydrogens is 214 g/mol. The summed E-state index contributed by atoms with van der Waals surface area (Å²) in [7, 11) is 0. The molecule has 0 amide bonds. The number of carbonyl (C=O) groups is 1. The van der Waals surface area contributed by atoms with Crippen molar-refractivity contribution in [2.75, 3.05) is 0 Å². The molecule has 0 aliphatic rings. The average Bonchev–Trinajstić information content (AvgIpc) is 2.18. The topological polar surface area (TPSA) is 63.3 Å². The molecule has 0 saturated carbocycles. The van der Waals surface area contributed by atoms with E-state index in [-0.39, 0.29) is 18.4 Å². The molecule has 0 fully saturated rings. The lowest BCUT2D eigenvalue weighted by Crippen LogP contribution is -2.09. The molecule has 3 nitrogen and oxygen atoms in total. The highest BCUT2D eigenvalue weighted by atomic mass is 35.5. The zero-order valence-corrected chi connectivity index (χ0v) is 9.46. The number of hydrogen-bond donors (Lipinski definition) is 2. The first-order valence-corrected chi connectivity index (χ1v) is 4.74. The number of hydrogen-bond acceptors (Lipinski definition) is 2. The number of carboxylic acids is 1. The van der Waals surface area contributed by atoms with E-state index in [9.17, 15) is 4.79 Å². The van der Waals surface area contributed by atoms with E-state index in [1.807, 2.05) is 0 Å². The van der Waals surface area contributed by atoms with Crippen LogP contribution in [0.4, 0.5) is 0 Å². The fourth-order valence-electron chi connectivity index (χ4n) is 1.35. The molecule has 4 heteroatoms. The monoisotopic (exact) mass is 229 g/mol. The van der Waals surface area contributed by atoms with Gasteiger partial charge in [-0.15, -0.1) is 12.4 Å². The second-order valence-electron chi connectivity index (χ2n) is 3.32. The maximum absolute atomic E-state index is 10.6. The molecule has 1 aromatic rings. The fraction of sp³-hybridized carbons (Fsp3) is 0.364. The van der Waals surface area contributed by atoms with Crippen molar-refractivity contribution < 1.29 is 9.90 Å². The predicted octanol–water partition coefficient (Wildman–Crippen LogP) is 2.61. The van der Waals surface area contributed by atoms with Gasteiger partial charge in [-0.2, -0.15) is 0 Å². The van der Waals surface area contributed by atoms with E-state index in [4.69, 9.17) is 10.8 Å². The van der Waals surface area contributed by atoms with Crippen molar-refractivity contribution in [3.8, 4) is 0 Å². The van der Waals surface area contributed by atoms with E-state index in [1.54, 1.807) is 24.3 Å². The Kier molecular flexibility index (Phi) is 5.97. The first kappa shape index (κ1) is 13.9. The summed E-state index contributed by atoms with van der Waals surface area (Å²) in [4.78, 5) is 10.6. The summed E-state index contributed by atoms with van der Waals surface area (Å²) in [5.74, 6) is -0.902. The minimum absolute atomic E-state index is 0. The Hall–Kier alpha value is -1.06. The minimum Gasteiger partial charge on any atom is -0.478 e. The van der Waals surface area contributed by atoms with Crippen LogP contribution in [0, 0.1) is 0 Å². The van der Waals surface area contributed by atoms with Crippen molar-refractivity contribution in [1.82, 2.24) is 0 Å². The van der Waals surface area contributed by atoms with Crippen molar-refractivity contribution >= 4 is 18.4 Å². The number of rotatable bonds is 4. The summed E-state index contributed by atoms with van der Waals surface area (Å²) < 4.78 is 0. The lowest BCUT2D eigenvalue weighted by Gasteiger charge is -2.10. The van der Waals surface area contributed by atoms with Crippen molar-refractivity contribution in [3.05, 3.63) is 35.4 Å². The molecule has 1 rings (SSSR count). The molecule has 0 aliphatic carbocycles. The van der Waals surface area contributed by atoms with Crippen molar-refractivity contribution in [2.45, 2.75) is 25.8 Å². The number of aromatic carboxylic acids is 1. The molecule has 0 spiro atoms. The summed E-state index contributed by atoms with van der Waals surface area (Å²) in [5.41, 5.74) is 7.18. The van der Waals surface area contributed by atoms with Gasteiger partial charge in [-0.3, -0.25) is 0 Å². The smallest absolute Gasteiger partial charge is 0.335 e. The number of carboxylic acid groups (broad SMARTS) is 1. The van der Waals surface area contributed by atoms with Crippen molar-refractivity contribution in [1.29, 1.82) is 0 Å². The first-order chi connectivity index (χ1) is 6.65.